The van der Waals surface area contributed by atoms with E-state index in [9.17, 15) is 0 Å². The predicted octanol–water partition coefficient (Wildman–Crippen LogP) is 1.47. The molecule has 2 aromatic rings. The van der Waals surface area contributed by atoms with Gasteiger partial charge >= 0.3 is 0 Å². The summed E-state index contributed by atoms with van der Waals surface area (Å²) in [6.07, 6.45) is 0. The predicted molar refractivity (Wildman–Crippen MR) is 90.8 cm³/mol. The van der Waals surface area contributed by atoms with Crippen LogP contribution >= 0.6 is 0 Å². The van der Waals surface area contributed by atoms with Crippen LogP contribution in [0.25, 0.3) is 0 Å². The Kier molecular flexibility index (Phi) is 4.80. The van der Waals surface area contributed by atoms with Gasteiger partial charge < -0.3 is 14.5 Å². The van der Waals surface area contributed by atoms with Crippen molar-refractivity contribution in [3.63, 3.8) is 0 Å². The van der Waals surface area contributed by atoms with E-state index < -0.39 is 0 Å². The van der Waals surface area contributed by atoms with E-state index in [1.807, 2.05) is 30.3 Å². The van der Waals surface area contributed by atoms with Gasteiger partial charge in [0.15, 0.2) is 0 Å². The zero-order chi connectivity index (χ0) is 16.1. The fraction of sp³-hybridized carbons (Fsp3) is 0.316. The maximum absolute atomic E-state index is 9.00. The van der Waals surface area contributed by atoms with Gasteiger partial charge in [-0.25, -0.2) is 0 Å². The largest absolute Gasteiger partial charge is 0.497 e. The summed E-state index contributed by atoms with van der Waals surface area (Å²) in [4.78, 5) is 3.98. The molecule has 0 unspecified atom stereocenters. The maximum atomic E-state index is 9.00. The minimum absolute atomic E-state index is 0.747. The Hall–Kier alpha value is -2.51. The molecule has 4 heteroatoms. The molecule has 0 spiro atoms. The third-order valence-corrected chi connectivity index (χ3v) is 4.40. The second kappa shape index (κ2) is 7.17. The molecule has 0 amide bonds. The third kappa shape index (κ3) is 3.82. The van der Waals surface area contributed by atoms with Crippen molar-refractivity contribution in [2.24, 2.45) is 0 Å². The van der Waals surface area contributed by atoms with Crippen molar-refractivity contribution in [2.75, 3.05) is 38.2 Å². The summed E-state index contributed by atoms with van der Waals surface area (Å²) >= 11 is 0. The number of hydrogen-bond donors (Lipinski definition) is 1. The first-order valence-electron chi connectivity index (χ1n) is 8.00. The third-order valence-electron chi connectivity index (χ3n) is 4.40. The number of methoxy groups -OCH3 is 1. The van der Waals surface area contributed by atoms with Crippen molar-refractivity contribution >= 4 is 5.69 Å². The van der Waals surface area contributed by atoms with Gasteiger partial charge in [-0.2, -0.15) is 5.26 Å². The van der Waals surface area contributed by atoms with E-state index in [-0.39, 0.29) is 0 Å². The van der Waals surface area contributed by atoms with Gasteiger partial charge in [0.25, 0.3) is 0 Å². The van der Waals surface area contributed by atoms with Crippen LogP contribution in [0.4, 0.5) is 5.69 Å². The van der Waals surface area contributed by atoms with Crippen molar-refractivity contribution in [1.82, 2.24) is 0 Å². The number of quaternary nitrogens is 1. The van der Waals surface area contributed by atoms with E-state index in [2.05, 4.69) is 29.2 Å². The zero-order valence-corrected chi connectivity index (χ0v) is 13.5. The van der Waals surface area contributed by atoms with Crippen LogP contribution in [0.15, 0.2) is 48.5 Å². The van der Waals surface area contributed by atoms with Crippen molar-refractivity contribution < 1.29 is 9.64 Å². The fourth-order valence-corrected chi connectivity index (χ4v) is 3.10. The number of nitrogens with zero attached hydrogens (tertiary/aromatic N) is 2. The summed E-state index contributed by atoms with van der Waals surface area (Å²) in [6, 6.07) is 18.4. The van der Waals surface area contributed by atoms with Crippen molar-refractivity contribution in [1.29, 1.82) is 5.26 Å². The molecule has 0 saturated carbocycles. The number of nitrogens with one attached hydrogen (secondary N) is 1. The maximum Gasteiger partial charge on any atom is 0.120 e. The van der Waals surface area contributed by atoms with Crippen LogP contribution in [-0.4, -0.2) is 33.3 Å². The molecule has 0 aliphatic carbocycles. The Morgan fingerprint density at radius 1 is 1.13 bits per heavy atom. The van der Waals surface area contributed by atoms with Crippen LogP contribution in [-0.2, 0) is 6.54 Å². The van der Waals surface area contributed by atoms with Gasteiger partial charge in [-0.15, -0.1) is 0 Å². The average Bonchev–Trinajstić information content (AvgIpc) is 2.62. The molecule has 0 aromatic heterocycles. The minimum atomic E-state index is 0.747. The summed E-state index contributed by atoms with van der Waals surface area (Å²) in [5.41, 5.74) is 3.22. The van der Waals surface area contributed by atoms with Crippen molar-refractivity contribution in [3.8, 4) is 11.8 Å². The number of rotatable bonds is 4. The Morgan fingerprint density at radius 2 is 1.91 bits per heavy atom. The van der Waals surface area contributed by atoms with Crippen LogP contribution in [0.3, 0.4) is 0 Å². The molecule has 1 aliphatic heterocycles. The first-order valence-corrected chi connectivity index (χ1v) is 8.00. The van der Waals surface area contributed by atoms with Crippen LogP contribution in [0.1, 0.15) is 11.1 Å². The quantitative estimate of drug-likeness (QED) is 0.930. The van der Waals surface area contributed by atoms with E-state index in [4.69, 9.17) is 10.00 Å². The number of hydrogen-bond acceptors (Lipinski definition) is 3. The van der Waals surface area contributed by atoms with Crippen molar-refractivity contribution in [3.05, 3.63) is 59.7 Å². The number of ether oxygens (including phenoxy) is 1. The molecule has 118 valence electrons. The lowest BCUT2D eigenvalue weighted by Crippen LogP contribution is -3.13. The monoisotopic (exact) mass is 308 g/mol. The highest BCUT2D eigenvalue weighted by molar-refractivity contribution is 5.50. The summed E-state index contributed by atoms with van der Waals surface area (Å²) in [7, 11) is 1.70. The topological polar surface area (TPSA) is 40.7 Å². The SMILES string of the molecule is COc1cccc(N2CC[NH+](Cc3cccc(C#N)c3)CC2)c1. The Bertz CT molecular complexity index is 700. The molecular formula is C19H22N3O+. The number of benzene rings is 2. The van der Waals surface area contributed by atoms with Crippen LogP contribution < -0.4 is 14.5 Å². The first-order chi connectivity index (χ1) is 11.3. The highest BCUT2D eigenvalue weighted by atomic mass is 16.5. The summed E-state index contributed by atoms with van der Waals surface area (Å²) in [6.45, 7) is 5.28. The van der Waals surface area contributed by atoms with Gasteiger partial charge in [-0.3, -0.25) is 0 Å². The second-order valence-electron chi connectivity index (χ2n) is 5.93. The van der Waals surface area contributed by atoms with Crippen LogP contribution in [0.5, 0.6) is 5.75 Å². The summed E-state index contributed by atoms with van der Waals surface area (Å²) < 4.78 is 5.31. The van der Waals surface area contributed by atoms with E-state index in [1.165, 1.54) is 11.3 Å². The summed E-state index contributed by atoms with van der Waals surface area (Å²) in [5, 5.41) is 9.00. The van der Waals surface area contributed by atoms with E-state index in [0.29, 0.717) is 0 Å². The second-order valence-corrected chi connectivity index (χ2v) is 5.93. The molecule has 3 rings (SSSR count). The smallest absolute Gasteiger partial charge is 0.120 e. The van der Waals surface area contributed by atoms with Crippen LogP contribution in [0.2, 0.25) is 0 Å². The lowest BCUT2D eigenvalue weighted by Gasteiger charge is -2.33. The zero-order valence-electron chi connectivity index (χ0n) is 13.5. The highest BCUT2D eigenvalue weighted by Crippen LogP contribution is 2.20. The van der Waals surface area contributed by atoms with E-state index >= 15 is 0 Å². The van der Waals surface area contributed by atoms with Gasteiger partial charge in [0.05, 0.1) is 44.9 Å². The number of nitriles is 1. The molecule has 1 saturated heterocycles. The van der Waals surface area contributed by atoms with E-state index in [0.717, 1.165) is 44.0 Å². The first kappa shape index (κ1) is 15.4. The molecule has 4 nitrogen and oxygen atoms in total. The number of anilines is 1. The Morgan fingerprint density at radius 3 is 2.65 bits per heavy atom. The Labute approximate surface area is 137 Å². The molecule has 1 fully saturated rings. The molecule has 0 atom stereocenters. The standard InChI is InChI=1S/C19H21N3O/c1-23-19-7-3-6-18(13-19)22-10-8-21(9-11-22)15-17-5-2-4-16(12-17)14-20/h2-7,12-13H,8-11,15H2,1H3/p+1. The molecule has 23 heavy (non-hydrogen) atoms. The minimum Gasteiger partial charge on any atom is -0.497 e. The molecule has 0 bridgehead atoms. The average molecular weight is 308 g/mol. The lowest BCUT2D eigenvalue weighted by atomic mass is 10.1. The molecule has 0 radical (unpaired) electrons. The molecule has 1 N–H and O–H groups in total. The molecule has 2 aromatic carbocycles. The van der Waals surface area contributed by atoms with Crippen molar-refractivity contribution in [2.45, 2.75) is 6.54 Å². The highest BCUT2D eigenvalue weighted by Gasteiger charge is 2.20. The molecule has 1 aliphatic rings. The normalized spacial score (nSPS) is 15.2. The van der Waals surface area contributed by atoms with Gasteiger partial charge in [0, 0.05) is 17.3 Å². The Balaban J connectivity index is 1.58. The van der Waals surface area contributed by atoms with Gasteiger partial charge in [0.1, 0.15) is 12.3 Å². The van der Waals surface area contributed by atoms with Crippen LogP contribution in [0, 0.1) is 11.3 Å². The van der Waals surface area contributed by atoms with Gasteiger partial charge in [-0.05, 0) is 24.3 Å². The van der Waals surface area contributed by atoms with Gasteiger partial charge in [-0.1, -0.05) is 18.2 Å². The fourth-order valence-electron chi connectivity index (χ4n) is 3.10. The molecular weight excluding hydrogens is 286 g/mol. The molecule has 1 heterocycles. The van der Waals surface area contributed by atoms with Gasteiger partial charge in [0.2, 0.25) is 0 Å². The van der Waals surface area contributed by atoms with E-state index in [1.54, 1.807) is 12.0 Å². The summed E-state index contributed by atoms with van der Waals surface area (Å²) in [5.74, 6) is 0.908. The lowest BCUT2D eigenvalue weighted by molar-refractivity contribution is -0.914. The number of piperazine rings is 1.